The van der Waals surface area contributed by atoms with Gasteiger partial charge in [0.1, 0.15) is 11.6 Å². The summed E-state index contributed by atoms with van der Waals surface area (Å²) in [6.07, 6.45) is 6.07. The van der Waals surface area contributed by atoms with Crippen molar-refractivity contribution in [1.82, 2.24) is 20.4 Å². The van der Waals surface area contributed by atoms with Crippen molar-refractivity contribution in [2.75, 3.05) is 6.54 Å². The first-order valence-corrected chi connectivity index (χ1v) is 10.8. The molecule has 1 saturated carbocycles. The van der Waals surface area contributed by atoms with Crippen LogP contribution < -0.4 is 5.32 Å². The molecule has 1 aromatic carbocycles. The fraction of sp³-hybridized carbons (Fsp3) is 0.417. The lowest BCUT2D eigenvalue weighted by molar-refractivity contribution is -0.120. The molecule has 0 radical (unpaired) electrons. The van der Waals surface area contributed by atoms with Gasteiger partial charge in [-0.3, -0.25) is 4.79 Å². The molecule has 3 aromatic rings. The van der Waals surface area contributed by atoms with Gasteiger partial charge in [-0.2, -0.15) is 0 Å². The topological polar surface area (TPSA) is 80.9 Å². The molecular formula is C24H27FN4O2. The molecule has 162 valence electrons. The molecule has 4 rings (SSSR count). The highest BCUT2D eigenvalue weighted by Gasteiger charge is 2.27. The summed E-state index contributed by atoms with van der Waals surface area (Å²) in [5.41, 5.74) is 3.46. The van der Waals surface area contributed by atoms with Crippen LogP contribution in [0.15, 0.2) is 41.1 Å². The van der Waals surface area contributed by atoms with Gasteiger partial charge in [0.25, 0.3) is 0 Å². The second kappa shape index (κ2) is 9.37. The van der Waals surface area contributed by atoms with Gasteiger partial charge in [0.15, 0.2) is 5.76 Å². The summed E-state index contributed by atoms with van der Waals surface area (Å²) in [6, 6.07) is 8.10. The third-order valence-electron chi connectivity index (χ3n) is 5.91. The van der Waals surface area contributed by atoms with E-state index in [1.165, 1.54) is 12.1 Å². The van der Waals surface area contributed by atoms with Gasteiger partial charge < -0.3 is 9.84 Å². The molecule has 1 amide bonds. The molecule has 6 nitrogen and oxygen atoms in total. The number of benzene rings is 1. The number of rotatable bonds is 6. The smallest absolute Gasteiger partial charge is 0.224 e. The highest BCUT2D eigenvalue weighted by atomic mass is 19.1. The van der Waals surface area contributed by atoms with Crippen molar-refractivity contribution in [3.8, 4) is 11.3 Å². The molecule has 0 aliphatic heterocycles. The molecule has 1 aliphatic carbocycles. The molecule has 0 atom stereocenters. The molecule has 1 fully saturated rings. The molecule has 0 spiro atoms. The Hall–Kier alpha value is -3.09. The van der Waals surface area contributed by atoms with Gasteiger partial charge in [0.05, 0.1) is 23.4 Å². The average Bonchev–Trinajstić information content (AvgIpc) is 3.19. The van der Waals surface area contributed by atoms with E-state index in [0.29, 0.717) is 29.7 Å². The molecule has 7 heteroatoms. The van der Waals surface area contributed by atoms with Gasteiger partial charge in [0.2, 0.25) is 5.91 Å². The van der Waals surface area contributed by atoms with Crippen LogP contribution in [0.2, 0.25) is 0 Å². The fourth-order valence-corrected chi connectivity index (χ4v) is 4.27. The number of carbonyl (C=O) groups is 1. The monoisotopic (exact) mass is 422 g/mol. The molecule has 2 aromatic heterocycles. The third kappa shape index (κ3) is 5.34. The summed E-state index contributed by atoms with van der Waals surface area (Å²) in [5, 5.41) is 7.01. The third-order valence-corrected chi connectivity index (χ3v) is 5.91. The zero-order valence-electron chi connectivity index (χ0n) is 17.9. The number of aryl methyl sites for hydroxylation is 2. The van der Waals surface area contributed by atoms with Crippen molar-refractivity contribution >= 4 is 5.91 Å². The van der Waals surface area contributed by atoms with Crippen LogP contribution in [0.1, 0.15) is 54.4 Å². The number of aromatic nitrogens is 3. The molecule has 31 heavy (non-hydrogen) atoms. The van der Waals surface area contributed by atoms with Crippen molar-refractivity contribution in [3.63, 3.8) is 0 Å². The predicted molar refractivity (Wildman–Crippen MR) is 115 cm³/mol. The van der Waals surface area contributed by atoms with Gasteiger partial charge in [-0.05, 0) is 63.1 Å². The van der Waals surface area contributed by atoms with Crippen LogP contribution in [0.3, 0.4) is 0 Å². The minimum absolute atomic E-state index is 0.0675. The van der Waals surface area contributed by atoms with Gasteiger partial charge in [-0.1, -0.05) is 17.3 Å². The van der Waals surface area contributed by atoms with Crippen LogP contribution in [0.25, 0.3) is 11.3 Å². The van der Waals surface area contributed by atoms with Gasteiger partial charge >= 0.3 is 0 Å². The summed E-state index contributed by atoms with van der Waals surface area (Å²) in [7, 11) is 0. The standard InChI is InChI=1S/C24H27FN4O2/c1-15-10-22(31-29-15)21-14-26-16(2)28-24(21)19-8-6-17(7-9-19)13-27-23(30)12-18-4-3-5-20(25)11-18/h3-5,10-11,14,17,19H,6-9,12-13H2,1-2H3,(H,27,30). The van der Waals surface area contributed by atoms with Crippen LogP contribution in [-0.4, -0.2) is 27.6 Å². The zero-order chi connectivity index (χ0) is 21.8. The summed E-state index contributed by atoms with van der Waals surface area (Å²) in [6.45, 7) is 4.45. The predicted octanol–water partition coefficient (Wildman–Crippen LogP) is 4.52. The zero-order valence-corrected chi connectivity index (χ0v) is 17.9. The summed E-state index contributed by atoms with van der Waals surface area (Å²) < 4.78 is 18.7. The Morgan fingerprint density at radius 3 is 2.71 bits per heavy atom. The fourth-order valence-electron chi connectivity index (χ4n) is 4.27. The molecule has 0 bridgehead atoms. The lowest BCUT2D eigenvalue weighted by Crippen LogP contribution is -2.32. The normalized spacial score (nSPS) is 18.7. The lowest BCUT2D eigenvalue weighted by atomic mass is 9.79. The van der Waals surface area contributed by atoms with Gasteiger partial charge in [-0.25, -0.2) is 14.4 Å². The molecule has 2 heterocycles. The van der Waals surface area contributed by atoms with E-state index in [2.05, 4.69) is 15.5 Å². The number of hydrogen-bond donors (Lipinski definition) is 1. The molecular weight excluding hydrogens is 395 g/mol. The van der Waals surface area contributed by atoms with E-state index in [9.17, 15) is 9.18 Å². The molecule has 1 N–H and O–H groups in total. The van der Waals surface area contributed by atoms with Crippen molar-refractivity contribution in [2.45, 2.75) is 51.9 Å². The quantitative estimate of drug-likeness (QED) is 0.632. The van der Waals surface area contributed by atoms with Crippen molar-refractivity contribution in [3.05, 3.63) is 65.1 Å². The number of halogens is 1. The van der Waals surface area contributed by atoms with Crippen LogP contribution in [0.5, 0.6) is 0 Å². The maximum atomic E-state index is 13.3. The number of amides is 1. The van der Waals surface area contributed by atoms with Crippen LogP contribution in [-0.2, 0) is 11.2 Å². The van der Waals surface area contributed by atoms with E-state index >= 15 is 0 Å². The summed E-state index contributed by atoms with van der Waals surface area (Å²) >= 11 is 0. The van der Waals surface area contributed by atoms with Crippen molar-refractivity contribution in [2.24, 2.45) is 5.92 Å². The Labute approximate surface area is 181 Å². The van der Waals surface area contributed by atoms with Gasteiger partial charge in [-0.15, -0.1) is 0 Å². The minimum atomic E-state index is -0.316. The van der Waals surface area contributed by atoms with Crippen molar-refractivity contribution in [1.29, 1.82) is 0 Å². The minimum Gasteiger partial charge on any atom is -0.356 e. The molecule has 1 aliphatic rings. The van der Waals surface area contributed by atoms with E-state index in [4.69, 9.17) is 9.51 Å². The SMILES string of the molecule is Cc1cc(-c2cnc(C)nc2C2CCC(CNC(=O)Cc3cccc(F)c3)CC2)on1. The molecule has 0 saturated heterocycles. The maximum Gasteiger partial charge on any atom is 0.224 e. The number of carbonyl (C=O) groups excluding carboxylic acids is 1. The first kappa shape index (κ1) is 21.2. The van der Waals surface area contributed by atoms with Crippen LogP contribution >= 0.6 is 0 Å². The largest absolute Gasteiger partial charge is 0.356 e. The second-order valence-corrected chi connectivity index (χ2v) is 8.38. The summed E-state index contributed by atoms with van der Waals surface area (Å²) in [5.74, 6) is 1.85. The Bertz CT molecular complexity index is 1060. The summed E-state index contributed by atoms with van der Waals surface area (Å²) in [4.78, 5) is 21.3. The lowest BCUT2D eigenvalue weighted by Gasteiger charge is -2.29. The molecule has 0 unspecified atom stereocenters. The highest BCUT2D eigenvalue weighted by molar-refractivity contribution is 5.78. The van der Waals surface area contributed by atoms with E-state index in [-0.39, 0.29) is 18.1 Å². The van der Waals surface area contributed by atoms with E-state index < -0.39 is 0 Å². The Kier molecular flexibility index (Phi) is 6.39. The highest BCUT2D eigenvalue weighted by Crippen LogP contribution is 2.38. The maximum absolute atomic E-state index is 13.3. The Morgan fingerprint density at radius 1 is 1.19 bits per heavy atom. The first-order chi connectivity index (χ1) is 15.0. The average molecular weight is 423 g/mol. The van der Waals surface area contributed by atoms with Gasteiger partial charge in [0, 0.05) is 24.7 Å². The Morgan fingerprint density at radius 2 is 2.00 bits per heavy atom. The number of hydrogen-bond acceptors (Lipinski definition) is 5. The van der Waals surface area contributed by atoms with Crippen LogP contribution in [0, 0.1) is 25.6 Å². The van der Waals surface area contributed by atoms with Crippen LogP contribution in [0.4, 0.5) is 4.39 Å². The van der Waals surface area contributed by atoms with E-state index in [0.717, 1.165) is 48.5 Å². The Balaban J connectivity index is 1.33. The van der Waals surface area contributed by atoms with E-state index in [1.54, 1.807) is 12.1 Å². The second-order valence-electron chi connectivity index (χ2n) is 8.38. The first-order valence-electron chi connectivity index (χ1n) is 10.8. The van der Waals surface area contributed by atoms with Crippen molar-refractivity contribution < 1.29 is 13.7 Å². The number of nitrogens with zero attached hydrogens (tertiary/aromatic N) is 3. The van der Waals surface area contributed by atoms with E-state index in [1.807, 2.05) is 26.1 Å². The number of nitrogens with one attached hydrogen (secondary N) is 1.